The first kappa shape index (κ1) is 21.0. The summed E-state index contributed by atoms with van der Waals surface area (Å²) in [6.07, 6.45) is 2.46. The zero-order valence-electron chi connectivity index (χ0n) is 15.4. The molecule has 0 unspecified atom stereocenters. The second-order valence-corrected chi connectivity index (χ2v) is 6.75. The molecule has 0 spiro atoms. The molecule has 0 radical (unpaired) electrons. The number of hydrogen-bond donors (Lipinski definition) is 2. The van der Waals surface area contributed by atoms with Crippen LogP contribution in [0, 0.1) is 0 Å². The highest BCUT2D eigenvalue weighted by Gasteiger charge is 2.10. The molecule has 0 saturated carbocycles. The van der Waals surface area contributed by atoms with Crippen molar-refractivity contribution in [2.24, 2.45) is 4.99 Å². The molecule has 144 valence electrons. The van der Waals surface area contributed by atoms with Crippen LogP contribution >= 0.6 is 23.2 Å². The Morgan fingerprint density at radius 3 is 2.70 bits per heavy atom. The highest BCUT2D eigenvalue weighted by Crippen LogP contribution is 2.20. The van der Waals surface area contributed by atoms with Crippen LogP contribution in [-0.4, -0.2) is 48.9 Å². The summed E-state index contributed by atoms with van der Waals surface area (Å²) in [4.78, 5) is 22.3. The van der Waals surface area contributed by atoms with Gasteiger partial charge >= 0.3 is 0 Å². The lowest BCUT2D eigenvalue weighted by molar-refractivity contribution is -0.128. The Labute approximate surface area is 169 Å². The van der Waals surface area contributed by atoms with Crippen LogP contribution < -0.4 is 10.6 Å². The fourth-order valence-corrected chi connectivity index (χ4v) is 2.79. The maximum atomic E-state index is 12.3. The molecule has 0 fully saturated rings. The first-order valence-electron chi connectivity index (χ1n) is 8.52. The van der Waals surface area contributed by atoms with Crippen LogP contribution in [0.25, 0.3) is 0 Å². The minimum atomic E-state index is -0.0293. The molecular formula is C19H23Cl2N5O. The standard InChI is InChI=1S/C19H23Cl2N5O/c1-22-19(24-12-14-6-7-15(20)11-17(14)21)25-13-18(27)26(2)10-8-16-5-3-4-9-23-16/h3-7,9,11H,8,10,12-13H2,1-2H3,(H2,22,24,25). The molecule has 1 aromatic heterocycles. The minimum absolute atomic E-state index is 0.0293. The van der Waals surface area contributed by atoms with Gasteiger partial charge in [0.15, 0.2) is 5.96 Å². The summed E-state index contributed by atoms with van der Waals surface area (Å²) in [5.41, 5.74) is 1.85. The molecule has 2 N–H and O–H groups in total. The van der Waals surface area contributed by atoms with Crippen molar-refractivity contribution >= 4 is 35.1 Å². The molecule has 0 atom stereocenters. The average molecular weight is 408 g/mol. The highest BCUT2D eigenvalue weighted by atomic mass is 35.5. The van der Waals surface area contributed by atoms with Crippen molar-refractivity contribution < 1.29 is 4.79 Å². The van der Waals surface area contributed by atoms with Crippen molar-refractivity contribution in [1.29, 1.82) is 0 Å². The first-order valence-corrected chi connectivity index (χ1v) is 9.27. The molecule has 1 amide bonds. The summed E-state index contributed by atoms with van der Waals surface area (Å²) >= 11 is 12.1. The van der Waals surface area contributed by atoms with Crippen molar-refractivity contribution in [1.82, 2.24) is 20.5 Å². The lowest BCUT2D eigenvalue weighted by Crippen LogP contribution is -2.43. The number of carbonyl (C=O) groups is 1. The van der Waals surface area contributed by atoms with E-state index >= 15 is 0 Å². The predicted octanol–water partition coefficient (Wildman–Crippen LogP) is 2.75. The quantitative estimate of drug-likeness (QED) is 0.546. The number of hydrogen-bond acceptors (Lipinski definition) is 3. The van der Waals surface area contributed by atoms with E-state index in [0.29, 0.717) is 35.5 Å². The molecule has 6 nitrogen and oxygen atoms in total. The predicted molar refractivity (Wildman–Crippen MR) is 110 cm³/mol. The number of pyridine rings is 1. The van der Waals surface area contributed by atoms with Gasteiger partial charge in [0.25, 0.3) is 0 Å². The smallest absolute Gasteiger partial charge is 0.241 e. The van der Waals surface area contributed by atoms with Gasteiger partial charge in [0.05, 0.1) is 6.54 Å². The zero-order chi connectivity index (χ0) is 19.6. The monoisotopic (exact) mass is 407 g/mol. The van der Waals surface area contributed by atoms with E-state index in [2.05, 4.69) is 20.6 Å². The minimum Gasteiger partial charge on any atom is -0.352 e. The second kappa shape index (κ2) is 10.7. The largest absolute Gasteiger partial charge is 0.352 e. The van der Waals surface area contributed by atoms with Gasteiger partial charge in [-0.25, -0.2) is 0 Å². The van der Waals surface area contributed by atoms with Crippen molar-refractivity contribution in [3.05, 3.63) is 63.9 Å². The van der Waals surface area contributed by atoms with E-state index in [4.69, 9.17) is 23.2 Å². The van der Waals surface area contributed by atoms with Crippen LogP contribution in [0.3, 0.4) is 0 Å². The Kier molecular flexibility index (Phi) is 8.36. The Morgan fingerprint density at radius 2 is 2.04 bits per heavy atom. The topological polar surface area (TPSA) is 69.6 Å². The fourth-order valence-electron chi connectivity index (χ4n) is 2.31. The number of benzene rings is 1. The van der Waals surface area contributed by atoms with Crippen LogP contribution in [0.1, 0.15) is 11.3 Å². The summed E-state index contributed by atoms with van der Waals surface area (Å²) in [6.45, 7) is 1.22. The number of aromatic nitrogens is 1. The lowest BCUT2D eigenvalue weighted by atomic mass is 10.2. The molecule has 2 aromatic rings. The Hall–Kier alpha value is -2.31. The summed E-state index contributed by atoms with van der Waals surface area (Å²) in [5.74, 6) is 0.492. The van der Waals surface area contributed by atoms with Gasteiger partial charge in [-0.3, -0.25) is 14.8 Å². The fraction of sp³-hybridized carbons (Fsp3) is 0.316. The van der Waals surface area contributed by atoms with Gasteiger partial charge in [0.2, 0.25) is 5.91 Å². The number of halogens is 2. The summed E-state index contributed by atoms with van der Waals surface area (Å²) in [7, 11) is 3.42. The molecule has 8 heteroatoms. The number of nitrogens with zero attached hydrogens (tertiary/aromatic N) is 3. The molecule has 0 bridgehead atoms. The third-order valence-corrected chi connectivity index (χ3v) is 4.53. The number of rotatable bonds is 7. The van der Waals surface area contributed by atoms with Gasteiger partial charge in [0, 0.05) is 55.5 Å². The number of aliphatic imine (C=N–C) groups is 1. The van der Waals surface area contributed by atoms with Crippen molar-refractivity contribution in [2.75, 3.05) is 27.2 Å². The number of likely N-dealkylation sites (N-methyl/N-ethyl adjacent to an activating group) is 1. The Morgan fingerprint density at radius 1 is 1.22 bits per heavy atom. The van der Waals surface area contributed by atoms with Gasteiger partial charge in [-0.15, -0.1) is 0 Å². The first-order chi connectivity index (χ1) is 13.0. The van der Waals surface area contributed by atoms with Gasteiger partial charge < -0.3 is 15.5 Å². The molecule has 0 aliphatic heterocycles. The molecule has 1 heterocycles. The number of carbonyl (C=O) groups excluding carboxylic acids is 1. The Balaban J connectivity index is 1.76. The summed E-state index contributed by atoms with van der Waals surface area (Å²) in [5, 5.41) is 7.31. The molecule has 27 heavy (non-hydrogen) atoms. The second-order valence-electron chi connectivity index (χ2n) is 5.90. The van der Waals surface area contributed by atoms with Gasteiger partial charge in [-0.2, -0.15) is 0 Å². The summed E-state index contributed by atoms with van der Waals surface area (Å²) in [6, 6.07) is 11.1. The van der Waals surface area contributed by atoms with E-state index in [1.165, 1.54) is 0 Å². The van der Waals surface area contributed by atoms with Crippen LogP contribution in [-0.2, 0) is 17.8 Å². The van der Waals surface area contributed by atoms with Gasteiger partial charge in [0.1, 0.15) is 0 Å². The lowest BCUT2D eigenvalue weighted by Gasteiger charge is -2.18. The van der Waals surface area contributed by atoms with Gasteiger partial charge in [-0.1, -0.05) is 35.3 Å². The molecule has 0 saturated heterocycles. The molecule has 0 aliphatic carbocycles. The van der Waals surface area contributed by atoms with Crippen LogP contribution in [0.2, 0.25) is 10.0 Å². The van der Waals surface area contributed by atoms with E-state index in [1.54, 1.807) is 37.3 Å². The SMILES string of the molecule is CN=C(NCC(=O)N(C)CCc1ccccn1)NCc1ccc(Cl)cc1Cl. The maximum absolute atomic E-state index is 12.3. The van der Waals surface area contributed by atoms with E-state index < -0.39 is 0 Å². The van der Waals surface area contributed by atoms with Crippen LogP contribution in [0.15, 0.2) is 47.6 Å². The summed E-state index contributed by atoms with van der Waals surface area (Å²) < 4.78 is 0. The van der Waals surface area contributed by atoms with Crippen LogP contribution in [0.4, 0.5) is 0 Å². The zero-order valence-corrected chi connectivity index (χ0v) is 16.9. The molecular weight excluding hydrogens is 385 g/mol. The number of amides is 1. The van der Waals surface area contributed by atoms with Crippen molar-refractivity contribution in [3.8, 4) is 0 Å². The van der Waals surface area contributed by atoms with Crippen molar-refractivity contribution in [2.45, 2.75) is 13.0 Å². The van der Waals surface area contributed by atoms with E-state index in [9.17, 15) is 4.79 Å². The normalized spacial score (nSPS) is 11.2. The van der Waals surface area contributed by atoms with E-state index in [-0.39, 0.29) is 12.5 Å². The third-order valence-electron chi connectivity index (χ3n) is 3.95. The third kappa shape index (κ3) is 7.07. The van der Waals surface area contributed by atoms with Gasteiger partial charge in [-0.05, 0) is 29.8 Å². The molecule has 2 rings (SSSR count). The maximum Gasteiger partial charge on any atom is 0.241 e. The molecule has 0 aliphatic rings. The van der Waals surface area contributed by atoms with E-state index in [0.717, 1.165) is 11.3 Å². The Bertz CT molecular complexity index is 783. The molecule has 1 aromatic carbocycles. The van der Waals surface area contributed by atoms with E-state index in [1.807, 2.05) is 24.3 Å². The number of nitrogens with one attached hydrogen (secondary N) is 2. The average Bonchev–Trinajstić information content (AvgIpc) is 2.68. The van der Waals surface area contributed by atoms with Crippen LogP contribution in [0.5, 0.6) is 0 Å². The highest BCUT2D eigenvalue weighted by molar-refractivity contribution is 6.35. The number of guanidine groups is 1. The van der Waals surface area contributed by atoms with Crippen molar-refractivity contribution in [3.63, 3.8) is 0 Å².